The highest BCUT2D eigenvalue weighted by atomic mass is 35.5. The third-order valence-electron chi connectivity index (χ3n) is 2.31. The molecule has 1 aromatic rings. The van der Waals surface area contributed by atoms with Gasteiger partial charge in [0.25, 0.3) is 0 Å². The molecule has 1 N–H and O–H groups in total. The zero-order chi connectivity index (χ0) is 15.1. The van der Waals surface area contributed by atoms with E-state index in [9.17, 15) is 4.79 Å². The van der Waals surface area contributed by atoms with Crippen molar-refractivity contribution >= 4 is 52.2 Å². The van der Waals surface area contributed by atoms with Crippen LogP contribution < -0.4 is 5.43 Å². The Morgan fingerprint density at radius 3 is 2.35 bits per heavy atom. The van der Waals surface area contributed by atoms with Gasteiger partial charge in [-0.2, -0.15) is 5.10 Å². The van der Waals surface area contributed by atoms with Crippen molar-refractivity contribution in [2.75, 3.05) is 12.0 Å². The summed E-state index contributed by atoms with van der Waals surface area (Å²) >= 11 is 17.9. The van der Waals surface area contributed by atoms with Crippen LogP contribution in [0.4, 0.5) is 5.69 Å². The highest BCUT2D eigenvalue weighted by molar-refractivity contribution is 6.42. The van der Waals surface area contributed by atoms with Crippen LogP contribution in [-0.4, -0.2) is 18.3 Å². The van der Waals surface area contributed by atoms with E-state index in [1.54, 1.807) is 6.92 Å². The monoisotopic (exact) mass is 336 g/mol. The van der Waals surface area contributed by atoms with Crippen molar-refractivity contribution in [3.63, 3.8) is 0 Å². The van der Waals surface area contributed by atoms with E-state index in [0.29, 0.717) is 33.8 Å². The van der Waals surface area contributed by atoms with Crippen molar-refractivity contribution in [1.29, 1.82) is 0 Å². The Bertz CT molecular complexity index is 495. The van der Waals surface area contributed by atoms with E-state index in [1.165, 1.54) is 12.1 Å². The Morgan fingerprint density at radius 2 is 1.85 bits per heavy atom. The molecule has 0 aliphatic heterocycles. The first-order valence-electron chi connectivity index (χ1n) is 6.13. The van der Waals surface area contributed by atoms with Gasteiger partial charge in [-0.05, 0) is 25.5 Å². The molecule has 0 unspecified atom stereocenters. The second kappa shape index (κ2) is 8.35. The summed E-state index contributed by atoms with van der Waals surface area (Å²) < 4.78 is 4.93. The molecule has 0 fully saturated rings. The molecule has 0 saturated carbocycles. The molecule has 20 heavy (non-hydrogen) atoms. The van der Waals surface area contributed by atoms with Crippen LogP contribution in [0.5, 0.6) is 0 Å². The molecule has 0 atom stereocenters. The van der Waals surface area contributed by atoms with Gasteiger partial charge < -0.3 is 4.74 Å². The van der Waals surface area contributed by atoms with Crippen molar-refractivity contribution in [2.45, 2.75) is 26.7 Å². The summed E-state index contributed by atoms with van der Waals surface area (Å²) in [4.78, 5) is 11.7. The molecule has 0 bridgehead atoms. The third kappa shape index (κ3) is 4.85. The van der Waals surface area contributed by atoms with Crippen molar-refractivity contribution in [1.82, 2.24) is 0 Å². The number of halogens is 3. The molecule has 0 heterocycles. The summed E-state index contributed by atoms with van der Waals surface area (Å²) in [7, 11) is 0. The van der Waals surface area contributed by atoms with Crippen molar-refractivity contribution in [3.8, 4) is 0 Å². The number of ether oxygens (including phenoxy) is 1. The number of carbonyl (C=O) groups is 1. The van der Waals surface area contributed by atoms with Crippen LogP contribution >= 0.6 is 34.8 Å². The van der Waals surface area contributed by atoms with E-state index in [0.717, 1.165) is 6.42 Å². The minimum Gasteiger partial charge on any atom is -0.461 e. The Balaban J connectivity index is 2.95. The van der Waals surface area contributed by atoms with E-state index < -0.39 is 5.97 Å². The number of rotatable bonds is 6. The molecule has 0 aromatic heterocycles. The van der Waals surface area contributed by atoms with Gasteiger partial charge in [-0.1, -0.05) is 48.1 Å². The maximum Gasteiger partial charge on any atom is 0.354 e. The molecule has 0 aliphatic rings. The zero-order valence-electron chi connectivity index (χ0n) is 11.2. The smallest absolute Gasteiger partial charge is 0.354 e. The lowest BCUT2D eigenvalue weighted by Crippen LogP contribution is -2.18. The number of nitrogens with zero attached hydrogens (tertiary/aromatic N) is 1. The molecule has 1 aromatic carbocycles. The molecule has 7 heteroatoms. The van der Waals surface area contributed by atoms with Crippen LogP contribution in [0, 0.1) is 0 Å². The van der Waals surface area contributed by atoms with Gasteiger partial charge in [-0.15, -0.1) is 0 Å². The fraction of sp³-hybridized carbons (Fsp3) is 0.385. The average molecular weight is 338 g/mol. The molecule has 0 saturated heterocycles. The first-order valence-corrected chi connectivity index (χ1v) is 7.27. The molecule has 1 rings (SSSR count). The van der Waals surface area contributed by atoms with E-state index in [4.69, 9.17) is 39.5 Å². The molecule has 0 radical (unpaired) electrons. The number of nitrogens with one attached hydrogen (secondary N) is 1. The lowest BCUT2D eigenvalue weighted by atomic mass is 10.2. The van der Waals surface area contributed by atoms with Crippen LogP contribution in [-0.2, 0) is 9.53 Å². The molecule has 110 valence electrons. The predicted octanol–water partition coefficient (Wildman–Crippen LogP) is 4.78. The van der Waals surface area contributed by atoms with Gasteiger partial charge in [0.1, 0.15) is 5.71 Å². The lowest BCUT2D eigenvalue weighted by Gasteiger charge is -2.09. The molecule has 4 nitrogen and oxygen atoms in total. The Hall–Kier alpha value is -0.970. The second-order valence-electron chi connectivity index (χ2n) is 3.89. The molecule has 0 aliphatic carbocycles. The topological polar surface area (TPSA) is 50.7 Å². The number of hydrogen-bond acceptors (Lipinski definition) is 4. The number of anilines is 1. The number of benzene rings is 1. The minimum absolute atomic E-state index is 0.288. The lowest BCUT2D eigenvalue weighted by molar-refractivity contribution is -0.135. The number of hydrogen-bond donors (Lipinski definition) is 1. The summed E-state index contributed by atoms with van der Waals surface area (Å²) in [5, 5.41) is 5.11. The third-order valence-corrected chi connectivity index (χ3v) is 3.12. The molecular weight excluding hydrogens is 323 g/mol. The highest BCUT2D eigenvalue weighted by Gasteiger charge is 2.13. The summed E-state index contributed by atoms with van der Waals surface area (Å²) in [5.41, 5.74) is 3.38. The van der Waals surface area contributed by atoms with Gasteiger partial charge in [0.05, 0.1) is 22.3 Å². The molecular formula is C13H15Cl3N2O2. The van der Waals surface area contributed by atoms with Gasteiger partial charge in [0.15, 0.2) is 0 Å². The van der Waals surface area contributed by atoms with E-state index in [-0.39, 0.29) is 5.71 Å². The van der Waals surface area contributed by atoms with Crippen LogP contribution in [0.3, 0.4) is 0 Å². The maximum atomic E-state index is 11.7. The fourth-order valence-electron chi connectivity index (χ4n) is 1.43. The van der Waals surface area contributed by atoms with Crippen LogP contribution in [0.2, 0.25) is 15.1 Å². The summed E-state index contributed by atoms with van der Waals surface area (Å²) in [6.07, 6.45) is 1.26. The molecule has 0 spiro atoms. The van der Waals surface area contributed by atoms with Crippen LogP contribution in [0.1, 0.15) is 26.7 Å². The summed E-state index contributed by atoms with van der Waals surface area (Å²) in [6, 6.07) is 3.08. The van der Waals surface area contributed by atoms with Gasteiger partial charge in [-0.25, -0.2) is 4.79 Å². The fourth-order valence-corrected chi connectivity index (χ4v) is 2.33. The number of carbonyl (C=O) groups excluding carboxylic acids is 1. The standard InChI is InChI=1S/C13H15Cl3N2O2/c1-3-5-11(13(19)20-4-2)17-18-12-9(15)6-8(14)7-10(12)16/h6-7,18H,3-5H2,1-2H3. The minimum atomic E-state index is -0.456. The van der Waals surface area contributed by atoms with Crippen LogP contribution in [0.25, 0.3) is 0 Å². The largest absolute Gasteiger partial charge is 0.461 e. The van der Waals surface area contributed by atoms with Crippen molar-refractivity contribution in [3.05, 3.63) is 27.2 Å². The number of esters is 1. The predicted molar refractivity (Wildman–Crippen MR) is 84.1 cm³/mol. The average Bonchev–Trinajstić information content (AvgIpc) is 2.36. The van der Waals surface area contributed by atoms with Gasteiger partial charge in [-0.3, -0.25) is 5.43 Å². The first kappa shape index (κ1) is 17.1. The van der Waals surface area contributed by atoms with Gasteiger partial charge in [0.2, 0.25) is 0 Å². The summed E-state index contributed by atoms with van der Waals surface area (Å²) in [6.45, 7) is 3.98. The number of hydrazone groups is 1. The van der Waals surface area contributed by atoms with E-state index in [2.05, 4.69) is 10.5 Å². The molecule has 0 amide bonds. The highest BCUT2D eigenvalue weighted by Crippen LogP contribution is 2.33. The van der Waals surface area contributed by atoms with Gasteiger partial charge in [0, 0.05) is 5.02 Å². The normalized spacial score (nSPS) is 11.3. The van der Waals surface area contributed by atoms with Crippen molar-refractivity contribution in [2.24, 2.45) is 5.10 Å². The quantitative estimate of drug-likeness (QED) is 0.462. The SMILES string of the molecule is CCCC(=NNc1c(Cl)cc(Cl)cc1Cl)C(=O)OCC. The Kier molecular flexibility index (Phi) is 7.13. The van der Waals surface area contributed by atoms with Gasteiger partial charge >= 0.3 is 5.97 Å². The maximum absolute atomic E-state index is 11.7. The summed E-state index contributed by atoms with van der Waals surface area (Å²) in [5.74, 6) is -0.456. The first-order chi connectivity index (χ1) is 9.49. The zero-order valence-corrected chi connectivity index (χ0v) is 13.4. The van der Waals surface area contributed by atoms with E-state index >= 15 is 0 Å². The van der Waals surface area contributed by atoms with E-state index in [1.807, 2.05) is 6.92 Å². The second-order valence-corrected chi connectivity index (χ2v) is 5.14. The van der Waals surface area contributed by atoms with Crippen LogP contribution in [0.15, 0.2) is 17.2 Å². The Morgan fingerprint density at radius 1 is 1.25 bits per heavy atom. The van der Waals surface area contributed by atoms with Crippen molar-refractivity contribution < 1.29 is 9.53 Å². The Labute approximate surface area is 133 Å².